The van der Waals surface area contributed by atoms with Crippen LogP contribution < -0.4 is 10.6 Å². The molecular weight excluding hydrogens is 320 g/mol. The number of nitrogens with one attached hydrogen (secondary N) is 2. The lowest BCUT2D eigenvalue weighted by molar-refractivity contribution is -0.115. The molecule has 6 heteroatoms. The summed E-state index contributed by atoms with van der Waals surface area (Å²) in [5.74, 6) is -0.623. The molecule has 2 N–H and O–H groups in total. The highest BCUT2D eigenvalue weighted by Gasteiger charge is 2.08. The van der Waals surface area contributed by atoms with Gasteiger partial charge >= 0.3 is 0 Å². The number of carbonyl (C=O) groups excluding carboxylic acids is 2. The molecule has 2 aromatic rings. The summed E-state index contributed by atoms with van der Waals surface area (Å²) in [6.45, 7) is -0.102. The molecule has 4 nitrogen and oxygen atoms in total. The van der Waals surface area contributed by atoms with Crippen molar-refractivity contribution in [3.8, 4) is 0 Å². The van der Waals surface area contributed by atoms with Crippen LogP contribution in [0.4, 0.5) is 5.69 Å². The number of hydrogen-bond acceptors (Lipinski definition) is 3. The predicted octanol–water partition coefficient (Wildman–Crippen LogP) is 3.43. The summed E-state index contributed by atoms with van der Waals surface area (Å²) in [6.07, 6.45) is 1.99. The second kappa shape index (κ2) is 7.87. The van der Waals surface area contributed by atoms with E-state index in [2.05, 4.69) is 10.6 Å². The van der Waals surface area contributed by atoms with Crippen LogP contribution in [0.5, 0.6) is 0 Å². The summed E-state index contributed by atoms with van der Waals surface area (Å²) < 4.78 is 0. The Hall–Kier alpha value is -1.98. The first-order valence-electron chi connectivity index (χ1n) is 6.56. The Labute approximate surface area is 138 Å². The zero-order valence-electron chi connectivity index (χ0n) is 11.9. The van der Waals surface area contributed by atoms with Gasteiger partial charge in [0, 0.05) is 21.2 Å². The minimum absolute atomic E-state index is 0.102. The van der Waals surface area contributed by atoms with Crippen molar-refractivity contribution in [2.45, 2.75) is 4.90 Å². The molecule has 0 aliphatic rings. The Balaban J connectivity index is 1.85. The molecule has 114 valence electrons. The van der Waals surface area contributed by atoms with Gasteiger partial charge in [-0.2, -0.15) is 0 Å². The Morgan fingerprint density at radius 1 is 1.14 bits per heavy atom. The van der Waals surface area contributed by atoms with E-state index >= 15 is 0 Å². The van der Waals surface area contributed by atoms with Gasteiger partial charge in [-0.15, -0.1) is 11.8 Å². The Kier molecular flexibility index (Phi) is 5.86. The van der Waals surface area contributed by atoms with Gasteiger partial charge in [0.15, 0.2) is 0 Å². The average molecular weight is 335 g/mol. The fraction of sp³-hybridized carbons (Fsp3) is 0.125. The van der Waals surface area contributed by atoms with Gasteiger partial charge in [-0.25, -0.2) is 0 Å². The van der Waals surface area contributed by atoms with Gasteiger partial charge in [-0.05, 0) is 48.7 Å². The topological polar surface area (TPSA) is 58.2 Å². The van der Waals surface area contributed by atoms with E-state index in [-0.39, 0.29) is 18.4 Å². The zero-order valence-corrected chi connectivity index (χ0v) is 13.5. The maximum Gasteiger partial charge on any atom is 0.251 e. The number of benzene rings is 2. The van der Waals surface area contributed by atoms with Gasteiger partial charge in [0.25, 0.3) is 5.91 Å². The Bertz CT molecular complexity index is 674. The highest BCUT2D eigenvalue weighted by atomic mass is 35.5. The van der Waals surface area contributed by atoms with E-state index in [0.717, 1.165) is 4.90 Å². The van der Waals surface area contributed by atoms with Crippen LogP contribution in [0.1, 0.15) is 10.4 Å². The van der Waals surface area contributed by atoms with E-state index in [1.54, 1.807) is 36.0 Å². The Morgan fingerprint density at radius 3 is 2.50 bits per heavy atom. The first-order chi connectivity index (χ1) is 10.6. The van der Waals surface area contributed by atoms with Gasteiger partial charge in [-0.3, -0.25) is 9.59 Å². The van der Waals surface area contributed by atoms with Crippen LogP contribution in [0.15, 0.2) is 53.4 Å². The van der Waals surface area contributed by atoms with Crippen molar-refractivity contribution in [3.05, 3.63) is 59.1 Å². The molecular formula is C16H15ClN2O2S. The third-order valence-electron chi connectivity index (χ3n) is 2.87. The van der Waals surface area contributed by atoms with Gasteiger partial charge in [0.2, 0.25) is 5.91 Å². The second-order valence-corrected chi connectivity index (χ2v) is 5.79. The summed E-state index contributed by atoms with van der Waals surface area (Å²) in [4.78, 5) is 24.8. The van der Waals surface area contributed by atoms with Crippen LogP contribution in [0.3, 0.4) is 0 Å². The molecule has 0 aliphatic heterocycles. The van der Waals surface area contributed by atoms with Crippen molar-refractivity contribution in [2.24, 2.45) is 0 Å². The monoisotopic (exact) mass is 334 g/mol. The van der Waals surface area contributed by atoms with Gasteiger partial charge < -0.3 is 10.6 Å². The molecule has 2 amide bonds. The number of carbonyl (C=O) groups is 2. The molecule has 0 radical (unpaired) electrons. The molecule has 0 bridgehead atoms. The lowest BCUT2D eigenvalue weighted by Crippen LogP contribution is -2.32. The summed E-state index contributed by atoms with van der Waals surface area (Å²) in [7, 11) is 0. The van der Waals surface area contributed by atoms with E-state index in [9.17, 15) is 9.59 Å². The smallest absolute Gasteiger partial charge is 0.251 e. The SMILES string of the molecule is CSc1ccc(NC(=O)CNC(=O)c2cccc(Cl)c2)cc1. The highest BCUT2D eigenvalue weighted by molar-refractivity contribution is 7.98. The van der Waals surface area contributed by atoms with Gasteiger partial charge in [0.05, 0.1) is 6.54 Å². The lowest BCUT2D eigenvalue weighted by atomic mass is 10.2. The molecule has 2 aromatic carbocycles. The van der Waals surface area contributed by atoms with Crippen molar-refractivity contribution < 1.29 is 9.59 Å². The number of thioether (sulfide) groups is 1. The maximum atomic E-state index is 11.9. The fourth-order valence-corrected chi connectivity index (χ4v) is 2.37. The third-order valence-corrected chi connectivity index (χ3v) is 3.85. The number of hydrogen-bond donors (Lipinski definition) is 2. The van der Waals surface area contributed by atoms with Crippen LogP contribution in [0.25, 0.3) is 0 Å². The summed E-state index contributed by atoms with van der Waals surface area (Å²) in [5, 5.41) is 5.76. The fourth-order valence-electron chi connectivity index (χ4n) is 1.77. The molecule has 0 heterocycles. The summed E-state index contributed by atoms with van der Waals surface area (Å²) >= 11 is 7.45. The molecule has 2 rings (SSSR count). The minimum Gasteiger partial charge on any atom is -0.343 e. The highest BCUT2D eigenvalue weighted by Crippen LogP contribution is 2.17. The number of amides is 2. The number of rotatable bonds is 5. The Morgan fingerprint density at radius 2 is 1.86 bits per heavy atom. The number of halogens is 1. The van der Waals surface area contributed by atoms with Crippen molar-refractivity contribution in [1.82, 2.24) is 5.32 Å². The molecule has 0 aliphatic carbocycles. The third kappa shape index (κ3) is 4.79. The van der Waals surface area contributed by atoms with E-state index < -0.39 is 0 Å². The first kappa shape index (κ1) is 16.4. The molecule has 0 saturated carbocycles. The molecule has 0 saturated heterocycles. The predicted molar refractivity (Wildman–Crippen MR) is 90.6 cm³/mol. The van der Waals surface area contributed by atoms with Gasteiger partial charge in [-0.1, -0.05) is 17.7 Å². The average Bonchev–Trinajstić information content (AvgIpc) is 2.53. The van der Waals surface area contributed by atoms with Crippen molar-refractivity contribution in [3.63, 3.8) is 0 Å². The first-order valence-corrected chi connectivity index (χ1v) is 8.16. The van der Waals surface area contributed by atoms with E-state index in [1.807, 2.05) is 30.5 Å². The molecule has 0 atom stereocenters. The van der Waals surface area contributed by atoms with Crippen LogP contribution >= 0.6 is 23.4 Å². The molecule has 0 aromatic heterocycles. The van der Waals surface area contributed by atoms with Crippen molar-refractivity contribution in [2.75, 3.05) is 18.1 Å². The summed E-state index contributed by atoms with van der Waals surface area (Å²) in [5.41, 5.74) is 1.12. The van der Waals surface area contributed by atoms with Crippen LogP contribution in [-0.4, -0.2) is 24.6 Å². The van der Waals surface area contributed by atoms with Crippen LogP contribution in [0.2, 0.25) is 5.02 Å². The number of anilines is 1. The minimum atomic E-state index is -0.338. The maximum absolute atomic E-state index is 11.9. The summed E-state index contributed by atoms with van der Waals surface area (Å²) in [6, 6.07) is 14.0. The van der Waals surface area contributed by atoms with Crippen molar-refractivity contribution in [1.29, 1.82) is 0 Å². The molecule has 0 unspecified atom stereocenters. The van der Waals surface area contributed by atoms with Crippen molar-refractivity contribution >= 4 is 40.9 Å². The van der Waals surface area contributed by atoms with E-state index in [0.29, 0.717) is 16.3 Å². The van der Waals surface area contributed by atoms with Crippen LogP contribution in [0, 0.1) is 0 Å². The standard InChI is InChI=1S/C16H15ClN2O2S/c1-22-14-7-5-13(6-8-14)19-15(20)10-18-16(21)11-3-2-4-12(17)9-11/h2-9H,10H2,1H3,(H,18,21)(H,19,20). The zero-order chi connectivity index (χ0) is 15.9. The van der Waals surface area contributed by atoms with Crippen LogP contribution in [-0.2, 0) is 4.79 Å². The molecule has 22 heavy (non-hydrogen) atoms. The lowest BCUT2D eigenvalue weighted by Gasteiger charge is -2.07. The molecule has 0 fully saturated rings. The van der Waals surface area contributed by atoms with Gasteiger partial charge in [0.1, 0.15) is 0 Å². The second-order valence-electron chi connectivity index (χ2n) is 4.47. The largest absolute Gasteiger partial charge is 0.343 e. The normalized spacial score (nSPS) is 10.1. The molecule has 0 spiro atoms. The van der Waals surface area contributed by atoms with E-state index in [1.165, 1.54) is 0 Å². The van der Waals surface area contributed by atoms with E-state index in [4.69, 9.17) is 11.6 Å². The quantitative estimate of drug-likeness (QED) is 0.824.